The first kappa shape index (κ1) is 19.4. The van der Waals surface area contributed by atoms with E-state index >= 15 is 0 Å². The van der Waals surface area contributed by atoms with Crippen molar-refractivity contribution in [2.75, 3.05) is 32.8 Å². The third-order valence-electron chi connectivity index (χ3n) is 4.09. The number of aryl methyl sites for hydroxylation is 1. The van der Waals surface area contributed by atoms with E-state index in [2.05, 4.69) is 10.4 Å². The summed E-state index contributed by atoms with van der Waals surface area (Å²) in [5.74, 6) is 1.04. The quantitative estimate of drug-likeness (QED) is 0.605. The van der Waals surface area contributed by atoms with Crippen LogP contribution in [-0.2, 0) is 4.74 Å². The van der Waals surface area contributed by atoms with Gasteiger partial charge in [-0.1, -0.05) is 6.07 Å². The predicted octanol–water partition coefficient (Wildman–Crippen LogP) is 3.47. The maximum atomic E-state index is 12.6. The maximum Gasteiger partial charge on any atom is 0.276 e. The molecule has 7 nitrogen and oxygen atoms in total. The van der Waals surface area contributed by atoms with Gasteiger partial charge in [-0.25, -0.2) is 4.68 Å². The molecule has 1 aromatic heterocycles. The molecule has 0 aliphatic heterocycles. The molecule has 2 aromatic carbocycles. The second-order valence-corrected chi connectivity index (χ2v) is 6.14. The molecule has 0 saturated heterocycles. The van der Waals surface area contributed by atoms with Gasteiger partial charge in [-0.2, -0.15) is 5.10 Å². The van der Waals surface area contributed by atoms with Crippen LogP contribution in [0.15, 0.2) is 54.7 Å². The summed E-state index contributed by atoms with van der Waals surface area (Å²) < 4.78 is 17.5. The zero-order chi connectivity index (χ0) is 19.9. The third-order valence-corrected chi connectivity index (χ3v) is 4.09. The van der Waals surface area contributed by atoms with E-state index in [4.69, 9.17) is 14.2 Å². The fourth-order valence-electron chi connectivity index (χ4n) is 2.60. The molecule has 0 saturated carbocycles. The van der Waals surface area contributed by atoms with Crippen molar-refractivity contribution in [3.63, 3.8) is 0 Å². The van der Waals surface area contributed by atoms with Crippen LogP contribution in [0.4, 0.5) is 5.69 Å². The van der Waals surface area contributed by atoms with Crippen molar-refractivity contribution < 1.29 is 19.0 Å². The Morgan fingerprint density at radius 3 is 2.57 bits per heavy atom. The summed E-state index contributed by atoms with van der Waals surface area (Å²) in [5, 5.41) is 7.22. The molecule has 28 heavy (non-hydrogen) atoms. The highest BCUT2D eigenvalue weighted by Crippen LogP contribution is 2.26. The van der Waals surface area contributed by atoms with Gasteiger partial charge in [-0.05, 0) is 55.0 Å². The number of nitrogens with zero attached hydrogens (tertiary/aromatic N) is 2. The average molecular weight is 381 g/mol. The summed E-state index contributed by atoms with van der Waals surface area (Å²) in [7, 11) is 3.23. The molecule has 0 aliphatic carbocycles. The first-order valence-electron chi connectivity index (χ1n) is 8.84. The van der Waals surface area contributed by atoms with E-state index in [-0.39, 0.29) is 5.91 Å². The molecule has 3 rings (SSSR count). The predicted molar refractivity (Wildman–Crippen MR) is 107 cm³/mol. The zero-order valence-corrected chi connectivity index (χ0v) is 16.1. The van der Waals surface area contributed by atoms with Gasteiger partial charge in [0.15, 0.2) is 5.69 Å². The first-order chi connectivity index (χ1) is 13.6. The number of carbonyl (C=O) groups is 1. The van der Waals surface area contributed by atoms with E-state index in [1.54, 1.807) is 31.2 Å². The molecular weight excluding hydrogens is 358 g/mol. The van der Waals surface area contributed by atoms with Gasteiger partial charge in [-0.15, -0.1) is 0 Å². The van der Waals surface area contributed by atoms with Crippen LogP contribution in [0, 0.1) is 6.92 Å². The minimum absolute atomic E-state index is 0.305. The number of nitrogens with one attached hydrogen (secondary N) is 1. The van der Waals surface area contributed by atoms with Gasteiger partial charge in [0.2, 0.25) is 0 Å². The second kappa shape index (κ2) is 9.05. The van der Waals surface area contributed by atoms with Crippen LogP contribution in [-0.4, -0.2) is 43.1 Å². The highest BCUT2D eigenvalue weighted by atomic mass is 16.5. The molecule has 146 valence electrons. The molecule has 0 radical (unpaired) electrons. The van der Waals surface area contributed by atoms with Crippen LogP contribution in [0.1, 0.15) is 16.1 Å². The lowest BCUT2D eigenvalue weighted by Gasteiger charge is -2.12. The molecule has 0 bridgehead atoms. The molecular formula is C21H23N3O4. The van der Waals surface area contributed by atoms with Crippen LogP contribution in [0.25, 0.3) is 5.69 Å². The van der Waals surface area contributed by atoms with E-state index in [1.807, 2.05) is 49.4 Å². The Labute approximate surface area is 163 Å². The molecule has 0 fully saturated rings. The number of aromatic nitrogens is 2. The lowest BCUT2D eigenvalue weighted by atomic mass is 10.2. The van der Waals surface area contributed by atoms with Gasteiger partial charge in [0.25, 0.3) is 5.91 Å². The van der Waals surface area contributed by atoms with Crippen molar-refractivity contribution in [1.29, 1.82) is 0 Å². The summed E-state index contributed by atoms with van der Waals surface area (Å²) in [4.78, 5) is 12.6. The number of amides is 1. The van der Waals surface area contributed by atoms with Crippen molar-refractivity contribution in [3.05, 3.63) is 66.0 Å². The van der Waals surface area contributed by atoms with Crippen molar-refractivity contribution in [3.8, 4) is 17.2 Å². The minimum atomic E-state index is -0.312. The van der Waals surface area contributed by atoms with Crippen LogP contribution < -0.4 is 14.8 Å². The number of anilines is 1. The van der Waals surface area contributed by atoms with Gasteiger partial charge in [0.05, 0.1) is 25.1 Å². The van der Waals surface area contributed by atoms with Crippen molar-refractivity contribution in [2.45, 2.75) is 6.92 Å². The molecule has 0 spiro atoms. The summed E-state index contributed by atoms with van der Waals surface area (Å²) in [5.41, 5.74) is 2.76. The Kier molecular flexibility index (Phi) is 6.29. The van der Waals surface area contributed by atoms with Gasteiger partial charge in [-0.3, -0.25) is 4.79 Å². The number of hydrogen-bond donors (Lipinski definition) is 1. The molecule has 1 amide bonds. The smallest absolute Gasteiger partial charge is 0.276 e. The Bertz CT molecular complexity index is 935. The lowest BCUT2D eigenvalue weighted by molar-refractivity contribution is 0.102. The first-order valence-corrected chi connectivity index (χ1v) is 8.84. The molecule has 3 aromatic rings. The Balaban J connectivity index is 1.74. The Morgan fingerprint density at radius 1 is 1.07 bits per heavy atom. The van der Waals surface area contributed by atoms with E-state index in [0.29, 0.717) is 30.3 Å². The van der Waals surface area contributed by atoms with E-state index in [1.165, 1.54) is 0 Å². The number of benzene rings is 2. The number of carbonyl (C=O) groups excluding carboxylic acids is 1. The molecule has 0 aliphatic rings. The van der Waals surface area contributed by atoms with E-state index in [9.17, 15) is 4.79 Å². The topological polar surface area (TPSA) is 74.6 Å². The van der Waals surface area contributed by atoms with Gasteiger partial charge in [0.1, 0.15) is 18.1 Å². The number of rotatable bonds is 8. The van der Waals surface area contributed by atoms with E-state index in [0.717, 1.165) is 17.0 Å². The minimum Gasteiger partial charge on any atom is -0.497 e. The highest BCUT2D eigenvalue weighted by Gasteiger charge is 2.14. The molecule has 1 N–H and O–H groups in total. The van der Waals surface area contributed by atoms with Crippen LogP contribution in [0.2, 0.25) is 0 Å². The van der Waals surface area contributed by atoms with Crippen LogP contribution >= 0.6 is 0 Å². The Hall–Kier alpha value is -3.32. The van der Waals surface area contributed by atoms with E-state index < -0.39 is 0 Å². The Morgan fingerprint density at radius 2 is 1.86 bits per heavy atom. The summed E-state index contributed by atoms with van der Waals surface area (Å²) in [6, 6.07) is 14.7. The molecule has 1 heterocycles. The second-order valence-electron chi connectivity index (χ2n) is 6.14. The summed E-state index contributed by atoms with van der Waals surface area (Å²) in [6.07, 6.45) is 1.74. The van der Waals surface area contributed by atoms with Gasteiger partial charge in [0, 0.05) is 13.3 Å². The van der Waals surface area contributed by atoms with Crippen LogP contribution in [0.3, 0.4) is 0 Å². The SMILES string of the molecule is COCCOc1cc(C)ccc1NC(=O)c1ccn(-c2ccc(OC)cc2)n1. The fourth-order valence-corrected chi connectivity index (χ4v) is 2.60. The summed E-state index contributed by atoms with van der Waals surface area (Å²) in [6.45, 7) is 2.83. The molecule has 0 atom stereocenters. The zero-order valence-electron chi connectivity index (χ0n) is 16.1. The third kappa shape index (κ3) is 4.69. The monoisotopic (exact) mass is 381 g/mol. The maximum absolute atomic E-state index is 12.6. The van der Waals surface area contributed by atoms with Crippen molar-refractivity contribution in [2.24, 2.45) is 0 Å². The number of hydrogen-bond acceptors (Lipinski definition) is 5. The largest absolute Gasteiger partial charge is 0.497 e. The van der Waals surface area contributed by atoms with Crippen molar-refractivity contribution in [1.82, 2.24) is 9.78 Å². The molecule has 0 unspecified atom stereocenters. The molecule has 7 heteroatoms. The summed E-state index contributed by atoms with van der Waals surface area (Å²) >= 11 is 0. The average Bonchev–Trinajstić information content (AvgIpc) is 3.20. The highest BCUT2D eigenvalue weighted by molar-refractivity contribution is 6.03. The van der Waals surface area contributed by atoms with Crippen molar-refractivity contribution >= 4 is 11.6 Å². The fraction of sp³-hybridized carbons (Fsp3) is 0.238. The number of ether oxygens (including phenoxy) is 3. The van der Waals surface area contributed by atoms with Gasteiger partial charge >= 0.3 is 0 Å². The van der Waals surface area contributed by atoms with Gasteiger partial charge < -0.3 is 19.5 Å². The van der Waals surface area contributed by atoms with Crippen LogP contribution in [0.5, 0.6) is 11.5 Å². The number of methoxy groups -OCH3 is 2. The normalized spacial score (nSPS) is 10.5. The standard InChI is InChI=1S/C21H23N3O4/c1-15-4-9-18(20(14-15)28-13-12-26-2)22-21(25)19-10-11-24(23-19)16-5-7-17(27-3)8-6-16/h4-11,14H,12-13H2,1-3H3,(H,22,25). The lowest BCUT2D eigenvalue weighted by Crippen LogP contribution is -2.15.